The second-order valence-corrected chi connectivity index (χ2v) is 8.04. The first-order valence-electron chi connectivity index (χ1n) is 8.76. The predicted molar refractivity (Wildman–Crippen MR) is 92.1 cm³/mol. The molecule has 0 aromatic heterocycles. The Kier molecular flexibility index (Phi) is 5.17. The zero-order valence-electron chi connectivity index (χ0n) is 14.7. The van der Waals surface area contributed by atoms with Crippen molar-refractivity contribution in [3.63, 3.8) is 0 Å². The van der Waals surface area contributed by atoms with Crippen molar-refractivity contribution in [3.8, 4) is 0 Å². The van der Waals surface area contributed by atoms with Gasteiger partial charge in [0.1, 0.15) is 6.29 Å². The first-order valence-corrected chi connectivity index (χ1v) is 8.76. The van der Waals surface area contributed by atoms with Gasteiger partial charge in [-0.3, -0.25) is 4.79 Å². The summed E-state index contributed by atoms with van der Waals surface area (Å²) in [5, 5.41) is 9.82. The van der Waals surface area contributed by atoms with Crippen LogP contribution in [0.1, 0.15) is 65.7 Å². The van der Waals surface area contributed by atoms with Crippen LogP contribution >= 0.6 is 0 Å². The van der Waals surface area contributed by atoms with Crippen LogP contribution < -0.4 is 0 Å². The van der Waals surface area contributed by atoms with Crippen molar-refractivity contribution in [1.82, 2.24) is 0 Å². The first-order chi connectivity index (χ1) is 10.8. The number of aliphatic carboxylic acids is 1. The Morgan fingerprint density at radius 2 is 2.09 bits per heavy atom. The standard InChI is InChI=1S/C20H30O3/c1-14(10-13-21)6-8-16-15(2)7-9-17-19(16,3)11-5-12-20(17,4)18(22)23/h6,13,16-17H,2,5,7-12H2,1,3-4H3,(H,22,23)/b14-6+/t16-,17+,19+,20-/m0/s1. The SMILES string of the molecule is C=C1CC[C@@H]2[C@](C)(CCC[C@]2(C)C(=O)O)[C@H]1C/C=C(\C)CC=O. The number of hydrogen-bond acceptors (Lipinski definition) is 2. The summed E-state index contributed by atoms with van der Waals surface area (Å²) in [7, 11) is 0. The molecule has 0 amide bonds. The van der Waals surface area contributed by atoms with Gasteiger partial charge in [-0.25, -0.2) is 0 Å². The van der Waals surface area contributed by atoms with Crippen LogP contribution in [-0.4, -0.2) is 17.4 Å². The van der Waals surface area contributed by atoms with Crippen molar-refractivity contribution in [3.05, 3.63) is 23.8 Å². The third-order valence-corrected chi connectivity index (χ3v) is 6.62. The van der Waals surface area contributed by atoms with Crippen LogP contribution in [0.25, 0.3) is 0 Å². The molecule has 128 valence electrons. The molecule has 1 N–H and O–H groups in total. The van der Waals surface area contributed by atoms with Crippen molar-refractivity contribution < 1.29 is 14.7 Å². The molecule has 0 saturated heterocycles. The van der Waals surface area contributed by atoms with E-state index in [9.17, 15) is 14.7 Å². The summed E-state index contributed by atoms with van der Waals surface area (Å²) in [5.41, 5.74) is 1.73. The molecule has 2 fully saturated rings. The maximum Gasteiger partial charge on any atom is 0.309 e. The molecule has 0 unspecified atom stereocenters. The van der Waals surface area contributed by atoms with Gasteiger partial charge in [0.15, 0.2) is 0 Å². The number of carbonyl (C=O) groups is 2. The number of carboxylic acids is 1. The molecule has 0 radical (unpaired) electrons. The van der Waals surface area contributed by atoms with Crippen molar-refractivity contribution in [2.45, 2.75) is 65.7 Å². The fraction of sp³-hybridized carbons (Fsp3) is 0.700. The minimum Gasteiger partial charge on any atom is -0.481 e. The average Bonchev–Trinajstić information content (AvgIpc) is 2.46. The minimum atomic E-state index is -0.646. The first kappa shape index (κ1) is 18.0. The summed E-state index contributed by atoms with van der Waals surface area (Å²) in [5.74, 6) is -0.120. The van der Waals surface area contributed by atoms with Gasteiger partial charge in [0.05, 0.1) is 5.41 Å². The topological polar surface area (TPSA) is 54.4 Å². The van der Waals surface area contributed by atoms with E-state index >= 15 is 0 Å². The molecular weight excluding hydrogens is 288 g/mol. The van der Waals surface area contributed by atoms with Crippen LogP contribution in [0.5, 0.6) is 0 Å². The van der Waals surface area contributed by atoms with Gasteiger partial charge in [0.25, 0.3) is 0 Å². The number of carboxylic acid groups (broad SMARTS) is 1. The molecule has 2 saturated carbocycles. The summed E-state index contributed by atoms with van der Waals surface area (Å²) >= 11 is 0. The fourth-order valence-corrected chi connectivity index (χ4v) is 5.17. The maximum atomic E-state index is 11.9. The van der Waals surface area contributed by atoms with E-state index in [1.165, 1.54) is 5.57 Å². The highest BCUT2D eigenvalue weighted by Gasteiger charge is 2.57. The van der Waals surface area contributed by atoms with Gasteiger partial charge >= 0.3 is 5.97 Å². The Morgan fingerprint density at radius 1 is 1.39 bits per heavy atom. The third-order valence-electron chi connectivity index (χ3n) is 6.62. The highest BCUT2D eigenvalue weighted by Crippen LogP contribution is 2.61. The van der Waals surface area contributed by atoms with E-state index in [1.54, 1.807) is 0 Å². The number of aldehydes is 1. The van der Waals surface area contributed by atoms with E-state index in [-0.39, 0.29) is 11.3 Å². The van der Waals surface area contributed by atoms with Crippen molar-refractivity contribution in [2.24, 2.45) is 22.7 Å². The van der Waals surface area contributed by atoms with Crippen LogP contribution in [-0.2, 0) is 9.59 Å². The van der Waals surface area contributed by atoms with Crippen molar-refractivity contribution >= 4 is 12.3 Å². The van der Waals surface area contributed by atoms with Crippen molar-refractivity contribution in [1.29, 1.82) is 0 Å². The lowest BCUT2D eigenvalue weighted by Crippen LogP contribution is -2.53. The van der Waals surface area contributed by atoms with E-state index < -0.39 is 11.4 Å². The number of allylic oxidation sites excluding steroid dienone is 3. The summed E-state index contributed by atoms with van der Waals surface area (Å²) in [6.45, 7) is 10.5. The molecule has 0 heterocycles. The third kappa shape index (κ3) is 3.15. The van der Waals surface area contributed by atoms with Crippen LogP contribution in [0.4, 0.5) is 0 Å². The van der Waals surface area contributed by atoms with Gasteiger partial charge in [-0.15, -0.1) is 0 Å². The Hall–Kier alpha value is -1.38. The summed E-state index contributed by atoms with van der Waals surface area (Å²) in [6.07, 6.45) is 9.13. The number of fused-ring (bicyclic) bond motifs is 1. The summed E-state index contributed by atoms with van der Waals surface area (Å²) in [6, 6.07) is 0. The number of hydrogen-bond donors (Lipinski definition) is 1. The Morgan fingerprint density at radius 3 is 2.70 bits per heavy atom. The molecule has 2 aliphatic carbocycles. The second kappa shape index (κ2) is 6.62. The number of carbonyl (C=O) groups excluding carboxylic acids is 1. The van der Waals surface area contributed by atoms with Crippen LogP contribution in [0.3, 0.4) is 0 Å². The molecule has 3 nitrogen and oxygen atoms in total. The lowest BCUT2D eigenvalue weighted by Gasteiger charge is -2.57. The highest BCUT2D eigenvalue weighted by atomic mass is 16.4. The zero-order valence-corrected chi connectivity index (χ0v) is 14.7. The lowest BCUT2D eigenvalue weighted by atomic mass is 9.46. The normalized spacial score (nSPS) is 38.0. The van der Waals surface area contributed by atoms with E-state index in [0.29, 0.717) is 12.3 Å². The lowest BCUT2D eigenvalue weighted by molar-refractivity contribution is -0.164. The smallest absolute Gasteiger partial charge is 0.309 e. The molecule has 2 aliphatic rings. The molecule has 23 heavy (non-hydrogen) atoms. The molecule has 4 atom stereocenters. The molecular formula is C20H30O3. The Bertz CT molecular complexity index is 533. The van der Waals surface area contributed by atoms with Crippen LogP contribution in [0.2, 0.25) is 0 Å². The minimum absolute atomic E-state index is 0.00131. The van der Waals surface area contributed by atoms with Gasteiger partial charge in [0, 0.05) is 6.42 Å². The summed E-state index contributed by atoms with van der Waals surface area (Å²) < 4.78 is 0. The van der Waals surface area contributed by atoms with Gasteiger partial charge in [-0.2, -0.15) is 0 Å². The van der Waals surface area contributed by atoms with Gasteiger partial charge in [-0.05, 0) is 63.2 Å². The molecule has 2 rings (SSSR count). The van der Waals surface area contributed by atoms with Gasteiger partial charge in [0.2, 0.25) is 0 Å². The van der Waals surface area contributed by atoms with Crippen LogP contribution in [0, 0.1) is 22.7 Å². The average molecular weight is 318 g/mol. The second-order valence-electron chi connectivity index (χ2n) is 8.04. The largest absolute Gasteiger partial charge is 0.481 e. The van der Waals surface area contributed by atoms with E-state index in [2.05, 4.69) is 19.6 Å². The molecule has 0 aliphatic heterocycles. The molecule has 0 spiro atoms. The molecule has 0 bridgehead atoms. The fourth-order valence-electron chi connectivity index (χ4n) is 5.17. The van der Waals surface area contributed by atoms with Crippen LogP contribution in [0.15, 0.2) is 23.8 Å². The van der Waals surface area contributed by atoms with Gasteiger partial charge < -0.3 is 9.90 Å². The maximum absolute atomic E-state index is 11.9. The quantitative estimate of drug-likeness (QED) is 0.586. The van der Waals surface area contributed by atoms with E-state index in [4.69, 9.17) is 0 Å². The van der Waals surface area contributed by atoms with Gasteiger partial charge in [-0.1, -0.05) is 37.1 Å². The monoisotopic (exact) mass is 318 g/mol. The zero-order chi connectivity index (χ0) is 17.3. The molecule has 0 aromatic rings. The predicted octanol–water partition coefficient (Wildman–Crippen LogP) is 4.78. The Labute approximate surface area is 139 Å². The Balaban J connectivity index is 2.31. The van der Waals surface area contributed by atoms with E-state index in [1.807, 2.05) is 13.8 Å². The molecule has 3 heteroatoms. The number of rotatable bonds is 5. The molecule has 0 aromatic carbocycles. The van der Waals surface area contributed by atoms with Crippen molar-refractivity contribution in [2.75, 3.05) is 0 Å². The highest BCUT2D eigenvalue weighted by molar-refractivity contribution is 5.75. The van der Waals surface area contributed by atoms with E-state index in [0.717, 1.165) is 50.4 Å². The summed E-state index contributed by atoms with van der Waals surface area (Å²) in [4.78, 5) is 22.6.